The van der Waals surface area contributed by atoms with Crippen molar-refractivity contribution in [2.45, 2.75) is 12.8 Å². The average Bonchev–Trinajstić information content (AvgIpc) is 2.62. The fourth-order valence-corrected chi connectivity index (χ4v) is 1.72. The second-order valence-corrected chi connectivity index (χ2v) is 5.29. The van der Waals surface area contributed by atoms with Crippen LogP contribution in [0.3, 0.4) is 0 Å². The van der Waals surface area contributed by atoms with Crippen LogP contribution in [0.1, 0.15) is 12.8 Å². The van der Waals surface area contributed by atoms with Crippen molar-refractivity contribution in [2.24, 2.45) is 0 Å². The molecule has 0 radical (unpaired) electrons. The van der Waals surface area contributed by atoms with E-state index in [0.29, 0.717) is 78.4 Å². The molecule has 0 aliphatic rings. The highest BCUT2D eigenvalue weighted by Gasteiger charge is 1.99. The summed E-state index contributed by atoms with van der Waals surface area (Å²) in [7, 11) is 0. The molecule has 0 spiro atoms. The third kappa shape index (κ3) is 21.2. The van der Waals surface area contributed by atoms with Crippen LogP contribution in [0.4, 0.5) is 0 Å². The smallest absolute Gasteiger partial charge is 0.220 e. The van der Waals surface area contributed by atoms with E-state index in [0.717, 1.165) is 6.29 Å². The van der Waals surface area contributed by atoms with Crippen molar-refractivity contribution in [3.63, 3.8) is 0 Å². The van der Waals surface area contributed by atoms with Crippen molar-refractivity contribution in [1.29, 1.82) is 0 Å². The lowest BCUT2D eigenvalue weighted by Gasteiger charge is -2.08. The monoisotopic (exact) mass is 381 g/mol. The molecule has 8 nitrogen and oxygen atoms in total. The number of aldehydes is 1. The normalized spacial score (nSPS) is 10.8. The maximum Gasteiger partial charge on any atom is 0.220 e. The van der Waals surface area contributed by atoms with Crippen molar-refractivity contribution < 1.29 is 33.3 Å². The number of ether oxygens (including phenoxy) is 5. The molecule has 0 bridgehead atoms. The Bertz CT molecular complexity index is 308. The number of carbonyl (C=O) groups excluding carboxylic acids is 2. The number of rotatable bonds is 20. The molecule has 0 rings (SSSR count). The van der Waals surface area contributed by atoms with Crippen LogP contribution < -0.4 is 5.32 Å². The van der Waals surface area contributed by atoms with Crippen LogP contribution in [-0.2, 0) is 33.3 Å². The average molecular weight is 381 g/mol. The Hall–Kier alpha value is -0.710. The van der Waals surface area contributed by atoms with Gasteiger partial charge in [-0.05, 0) is 0 Å². The molecular formula is C16H31NO7S. The maximum atomic E-state index is 11.2. The molecule has 0 fully saturated rings. The fraction of sp³-hybridized carbons (Fsp3) is 0.875. The molecule has 9 heteroatoms. The first-order chi connectivity index (χ1) is 12.3. The minimum absolute atomic E-state index is 0.140. The molecule has 148 valence electrons. The number of thiol groups is 1. The zero-order valence-electron chi connectivity index (χ0n) is 14.8. The summed E-state index contributed by atoms with van der Waals surface area (Å²) in [6.45, 7) is 5.61. The van der Waals surface area contributed by atoms with E-state index in [1.165, 1.54) is 0 Å². The summed E-state index contributed by atoms with van der Waals surface area (Å²) < 4.78 is 26.5. The lowest BCUT2D eigenvalue weighted by atomic mass is 10.3. The summed E-state index contributed by atoms with van der Waals surface area (Å²) in [5.74, 6) is 0.575. The van der Waals surface area contributed by atoms with Gasteiger partial charge < -0.3 is 33.8 Å². The molecule has 0 saturated carbocycles. The summed E-state index contributed by atoms with van der Waals surface area (Å²) in [5.41, 5.74) is 0. The first kappa shape index (κ1) is 24.3. The highest BCUT2D eigenvalue weighted by atomic mass is 32.1. The minimum atomic E-state index is -0.140. The van der Waals surface area contributed by atoms with E-state index < -0.39 is 0 Å². The molecule has 0 aromatic rings. The van der Waals surface area contributed by atoms with Crippen LogP contribution in [0.2, 0.25) is 0 Å². The van der Waals surface area contributed by atoms with Crippen molar-refractivity contribution in [3.05, 3.63) is 0 Å². The van der Waals surface area contributed by atoms with Crippen LogP contribution in [0, 0.1) is 0 Å². The Kier molecular flexibility index (Phi) is 20.7. The van der Waals surface area contributed by atoms with Gasteiger partial charge in [0, 0.05) is 25.1 Å². The lowest BCUT2D eigenvalue weighted by Crippen LogP contribution is -2.27. The third-order valence-electron chi connectivity index (χ3n) is 2.78. The first-order valence-electron chi connectivity index (χ1n) is 8.51. The number of nitrogens with one attached hydrogen (secondary N) is 1. The van der Waals surface area contributed by atoms with Gasteiger partial charge in [-0.1, -0.05) is 0 Å². The second kappa shape index (κ2) is 21.3. The van der Waals surface area contributed by atoms with E-state index in [-0.39, 0.29) is 18.7 Å². The van der Waals surface area contributed by atoms with Gasteiger partial charge in [-0.25, -0.2) is 0 Å². The summed E-state index contributed by atoms with van der Waals surface area (Å²) in [5, 5.41) is 2.66. The van der Waals surface area contributed by atoms with Gasteiger partial charge >= 0.3 is 0 Å². The van der Waals surface area contributed by atoms with Crippen LogP contribution >= 0.6 is 12.6 Å². The Labute approximate surface area is 155 Å². The standard InChI is InChI=1S/C16H31NO7S/c18-4-1-2-16(19)17-3-5-20-6-7-21-8-9-22-10-11-23-12-13-24-14-15-25/h4,25H,1-3,5-15H2,(H,17,19). The van der Waals surface area contributed by atoms with Crippen molar-refractivity contribution in [2.75, 3.05) is 78.4 Å². The zero-order chi connectivity index (χ0) is 18.4. The first-order valence-corrected chi connectivity index (χ1v) is 9.14. The highest BCUT2D eigenvalue weighted by Crippen LogP contribution is 1.85. The van der Waals surface area contributed by atoms with Gasteiger partial charge in [-0.15, -0.1) is 0 Å². The van der Waals surface area contributed by atoms with Crippen molar-refractivity contribution >= 4 is 24.8 Å². The van der Waals surface area contributed by atoms with E-state index in [9.17, 15) is 9.59 Å². The summed E-state index contributed by atoms with van der Waals surface area (Å²) in [4.78, 5) is 21.3. The zero-order valence-corrected chi connectivity index (χ0v) is 15.7. The largest absolute Gasteiger partial charge is 0.378 e. The minimum Gasteiger partial charge on any atom is -0.378 e. The molecule has 0 atom stereocenters. The van der Waals surface area contributed by atoms with Gasteiger partial charge in [0.1, 0.15) is 6.29 Å². The molecule has 0 heterocycles. The van der Waals surface area contributed by atoms with Gasteiger partial charge in [-0.2, -0.15) is 12.6 Å². The summed E-state index contributed by atoms with van der Waals surface area (Å²) >= 11 is 4.03. The summed E-state index contributed by atoms with van der Waals surface area (Å²) in [6.07, 6.45) is 1.20. The Morgan fingerprint density at radius 1 is 0.760 bits per heavy atom. The SMILES string of the molecule is O=CCCC(=O)NCCOCCOCCOCCOCCOCCS. The maximum absolute atomic E-state index is 11.2. The van der Waals surface area contributed by atoms with Gasteiger partial charge in [0.15, 0.2) is 0 Å². The topological polar surface area (TPSA) is 92.3 Å². The van der Waals surface area contributed by atoms with E-state index >= 15 is 0 Å². The van der Waals surface area contributed by atoms with E-state index in [4.69, 9.17) is 23.7 Å². The van der Waals surface area contributed by atoms with Crippen LogP contribution in [-0.4, -0.2) is 90.6 Å². The molecule has 1 amide bonds. The fourth-order valence-electron chi connectivity index (χ4n) is 1.59. The van der Waals surface area contributed by atoms with Crippen LogP contribution in [0.15, 0.2) is 0 Å². The molecule has 0 unspecified atom stereocenters. The highest BCUT2D eigenvalue weighted by molar-refractivity contribution is 7.80. The predicted octanol–water partition coefficient (Wildman–Crippen LogP) is 0.0945. The van der Waals surface area contributed by atoms with Gasteiger partial charge in [0.2, 0.25) is 5.91 Å². The molecule has 0 aliphatic heterocycles. The molecule has 0 aromatic heterocycles. The molecule has 0 saturated heterocycles. The van der Waals surface area contributed by atoms with Gasteiger partial charge in [-0.3, -0.25) is 4.79 Å². The Morgan fingerprint density at radius 2 is 1.20 bits per heavy atom. The Balaban J connectivity index is 3.05. The van der Waals surface area contributed by atoms with Crippen LogP contribution in [0.5, 0.6) is 0 Å². The number of amides is 1. The van der Waals surface area contributed by atoms with Crippen LogP contribution in [0.25, 0.3) is 0 Å². The third-order valence-corrected chi connectivity index (χ3v) is 2.96. The van der Waals surface area contributed by atoms with Crippen molar-refractivity contribution in [1.82, 2.24) is 5.32 Å². The van der Waals surface area contributed by atoms with Gasteiger partial charge in [0.25, 0.3) is 0 Å². The lowest BCUT2D eigenvalue weighted by molar-refractivity contribution is -0.122. The number of carbonyl (C=O) groups is 2. The molecule has 0 aromatic carbocycles. The van der Waals surface area contributed by atoms with Gasteiger partial charge in [0.05, 0.1) is 66.1 Å². The van der Waals surface area contributed by atoms with Crippen molar-refractivity contribution in [3.8, 4) is 0 Å². The quantitative estimate of drug-likeness (QED) is 0.175. The predicted molar refractivity (Wildman–Crippen MR) is 96.3 cm³/mol. The molecule has 1 N–H and O–H groups in total. The van der Waals surface area contributed by atoms with E-state index in [1.807, 2.05) is 0 Å². The molecule has 0 aliphatic carbocycles. The second-order valence-electron chi connectivity index (χ2n) is 4.84. The number of hydrogen-bond acceptors (Lipinski definition) is 8. The van der Waals surface area contributed by atoms with E-state index in [1.54, 1.807) is 0 Å². The molecule has 25 heavy (non-hydrogen) atoms. The number of hydrogen-bond donors (Lipinski definition) is 2. The van der Waals surface area contributed by atoms with E-state index in [2.05, 4.69) is 17.9 Å². The Morgan fingerprint density at radius 3 is 1.64 bits per heavy atom. The molecular weight excluding hydrogens is 350 g/mol. The summed E-state index contributed by atoms with van der Waals surface area (Å²) in [6, 6.07) is 0.